The number of nitrogens with one attached hydrogen (secondary N) is 1. The van der Waals surface area contributed by atoms with Crippen molar-refractivity contribution in [3.63, 3.8) is 0 Å². The Labute approximate surface area is 188 Å². The van der Waals surface area contributed by atoms with Crippen molar-refractivity contribution < 1.29 is 14.3 Å². The minimum Gasteiger partial charge on any atom is -0.481 e. The summed E-state index contributed by atoms with van der Waals surface area (Å²) in [5.74, 6) is -0.230. The molecule has 0 fully saturated rings. The minimum absolute atomic E-state index is 0.206. The van der Waals surface area contributed by atoms with E-state index in [-0.39, 0.29) is 22.4 Å². The van der Waals surface area contributed by atoms with E-state index in [1.165, 1.54) is 11.3 Å². The highest BCUT2D eigenvalue weighted by Gasteiger charge is 2.27. The number of nitrogens with two attached hydrogens (primary N) is 1. The number of thiophene rings is 1. The van der Waals surface area contributed by atoms with E-state index in [1.807, 2.05) is 0 Å². The highest BCUT2D eigenvalue weighted by Crippen LogP contribution is 2.43. The second kappa shape index (κ2) is 8.72. The van der Waals surface area contributed by atoms with E-state index < -0.39 is 11.8 Å². The molecule has 3 rings (SSSR count). The van der Waals surface area contributed by atoms with Gasteiger partial charge in [0.2, 0.25) is 0 Å². The number of ether oxygens (including phenoxy) is 1. The molecule has 156 valence electrons. The van der Waals surface area contributed by atoms with Gasteiger partial charge in [0.05, 0.1) is 15.6 Å². The molecule has 0 bridgehead atoms. The molecule has 0 unspecified atom stereocenters. The van der Waals surface area contributed by atoms with Crippen molar-refractivity contribution in [2.45, 2.75) is 40.0 Å². The van der Waals surface area contributed by atoms with Crippen LogP contribution in [-0.4, -0.2) is 18.4 Å². The number of amides is 2. The lowest BCUT2D eigenvalue weighted by Gasteiger charge is -2.18. The Balaban J connectivity index is 1.79. The molecule has 0 radical (unpaired) electrons. The van der Waals surface area contributed by atoms with Gasteiger partial charge in [-0.2, -0.15) is 0 Å². The smallest absolute Gasteiger partial charge is 0.262 e. The maximum Gasteiger partial charge on any atom is 0.262 e. The molecule has 1 atom stereocenters. The fourth-order valence-electron chi connectivity index (χ4n) is 3.44. The highest BCUT2D eigenvalue weighted by molar-refractivity contribution is 7.17. The number of benzene rings is 1. The molecule has 1 aromatic carbocycles. The maximum absolute atomic E-state index is 12.5. The number of rotatable bonds is 5. The van der Waals surface area contributed by atoms with E-state index >= 15 is 0 Å². The standard InChI is InChI=1S/C20H21Cl3N2O3S/c1-8-4-5-11-12(6-8)29-20(14(11)19(24)27)25-13(26)7-28-18-16(22)9(2)15(21)10(3)17(18)23/h8H,4-7H2,1-3H3,(H2,24,27)(H,25,26)/t8-/m0/s1. The Hall–Kier alpha value is -1.47. The molecule has 0 saturated heterocycles. The highest BCUT2D eigenvalue weighted by atomic mass is 35.5. The zero-order valence-electron chi connectivity index (χ0n) is 16.3. The van der Waals surface area contributed by atoms with Crippen LogP contribution in [0.1, 0.15) is 45.3 Å². The van der Waals surface area contributed by atoms with Gasteiger partial charge in [-0.3, -0.25) is 9.59 Å². The fourth-order valence-corrected chi connectivity index (χ4v) is 5.69. The molecule has 5 nitrogen and oxygen atoms in total. The van der Waals surface area contributed by atoms with Crippen molar-refractivity contribution >= 4 is 63.0 Å². The number of carbonyl (C=O) groups is 2. The van der Waals surface area contributed by atoms with Crippen molar-refractivity contribution in [3.8, 4) is 5.75 Å². The molecular formula is C20H21Cl3N2O3S. The predicted octanol–water partition coefficient (Wildman–Crippen LogP) is 5.57. The molecule has 29 heavy (non-hydrogen) atoms. The van der Waals surface area contributed by atoms with E-state index in [2.05, 4.69) is 12.2 Å². The summed E-state index contributed by atoms with van der Waals surface area (Å²) in [5.41, 5.74) is 8.19. The maximum atomic E-state index is 12.5. The Morgan fingerprint density at radius 2 is 1.79 bits per heavy atom. The summed E-state index contributed by atoms with van der Waals surface area (Å²) >= 11 is 20.2. The first-order valence-electron chi connectivity index (χ1n) is 9.12. The van der Waals surface area contributed by atoms with Crippen molar-refractivity contribution in [1.29, 1.82) is 0 Å². The minimum atomic E-state index is -0.539. The predicted molar refractivity (Wildman–Crippen MR) is 119 cm³/mol. The summed E-state index contributed by atoms with van der Waals surface area (Å²) in [5, 5.41) is 4.20. The summed E-state index contributed by atoms with van der Waals surface area (Å²) in [6, 6.07) is 0. The third-order valence-corrected chi connectivity index (χ3v) is 7.72. The van der Waals surface area contributed by atoms with Crippen LogP contribution in [0.3, 0.4) is 0 Å². The van der Waals surface area contributed by atoms with Gasteiger partial charge in [-0.25, -0.2) is 0 Å². The molecule has 0 aliphatic heterocycles. The van der Waals surface area contributed by atoms with Crippen LogP contribution >= 0.6 is 46.1 Å². The lowest BCUT2D eigenvalue weighted by Crippen LogP contribution is -2.23. The van der Waals surface area contributed by atoms with Crippen molar-refractivity contribution in [2.75, 3.05) is 11.9 Å². The average Bonchev–Trinajstić information content (AvgIpc) is 3.01. The summed E-state index contributed by atoms with van der Waals surface area (Å²) < 4.78 is 5.59. The Bertz CT molecular complexity index is 975. The molecule has 1 aliphatic rings. The van der Waals surface area contributed by atoms with Gasteiger partial charge in [-0.15, -0.1) is 11.3 Å². The largest absolute Gasteiger partial charge is 0.481 e. The van der Waals surface area contributed by atoms with Gasteiger partial charge in [0.25, 0.3) is 11.8 Å². The summed E-state index contributed by atoms with van der Waals surface area (Å²) in [6.07, 6.45) is 2.65. The molecule has 1 aliphatic carbocycles. The number of fused-ring (bicyclic) bond motifs is 1. The molecule has 1 aromatic heterocycles. The molecule has 3 N–H and O–H groups in total. The van der Waals surface area contributed by atoms with Gasteiger partial charge in [0, 0.05) is 9.90 Å². The number of primary amides is 1. The van der Waals surface area contributed by atoms with Crippen LogP contribution in [-0.2, 0) is 17.6 Å². The second-order valence-electron chi connectivity index (χ2n) is 7.28. The van der Waals surface area contributed by atoms with Crippen LogP contribution in [0.5, 0.6) is 5.75 Å². The average molecular weight is 476 g/mol. The number of anilines is 1. The monoisotopic (exact) mass is 474 g/mol. The van der Waals surface area contributed by atoms with Gasteiger partial charge < -0.3 is 15.8 Å². The zero-order valence-corrected chi connectivity index (χ0v) is 19.3. The van der Waals surface area contributed by atoms with Gasteiger partial charge in [0.15, 0.2) is 12.4 Å². The van der Waals surface area contributed by atoms with Gasteiger partial charge in [0.1, 0.15) is 5.00 Å². The number of hydrogen-bond acceptors (Lipinski definition) is 4. The van der Waals surface area contributed by atoms with Crippen LogP contribution in [0.15, 0.2) is 0 Å². The fraction of sp³-hybridized carbons (Fsp3) is 0.400. The van der Waals surface area contributed by atoms with Crippen LogP contribution in [0.4, 0.5) is 5.00 Å². The van der Waals surface area contributed by atoms with E-state index in [4.69, 9.17) is 45.3 Å². The molecule has 1 heterocycles. The van der Waals surface area contributed by atoms with Gasteiger partial charge in [-0.05, 0) is 55.7 Å². The van der Waals surface area contributed by atoms with Gasteiger partial charge in [-0.1, -0.05) is 41.7 Å². The first-order valence-corrected chi connectivity index (χ1v) is 11.1. The SMILES string of the molecule is Cc1c(Cl)c(C)c(Cl)c(OCC(=O)Nc2sc3c(c2C(N)=O)CC[C@H](C)C3)c1Cl. The first-order chi connectivity index (χ1) is 13.6. The van der Waals surface area contributed by atoms with Crippen molar-refractivity contribution in [3.05, 3.63) is 42.2 Å². The topological polar surface area (TPSA) is 81.4 Å². The normalized spacial score (nSPS) is 15.7. The van der Waals surface area contributed by atoms with Crippen LogP contribution in [0.25, 0.3) is 0 Å². The molecule has 2 amide bonds. The van der Waals surface area contributed by atoms with Gasteiger partial charge >= 0.3 is 0 Å². The molecule has 0 saturated carbocycles. The molecule has 0 spiro atoms. The molecule has 2 aromatic rings. The summed E-state index contributed by atoms with van der Waals surface area (Å²) in [4.78, 5) is 25.6. The quantitative estimate of drug-likeness (QED) is 0.593. The number of hydrogen-bond donors (Lipinski definition) is 2. The lowest BCUT2D eigenvalue weighted by molar-refractivity contribution is -0.118. The lowest BCUT2D eigenvalue weighted by atomic mass is 9.88. The number of carbonyl (C=O) groups excluding carboxylic acids is 2. The number of halogens is 3. The van der Waals surface area contributed by atoms with E-state index in [0.717, 1.165) is 29.7 Å². The molecular weight excluding hydrogens is 455 g/mol. The third-order valence-electron chi connectivity index (χ3n) is 5.07. The summed E-state index contributed by atoms with van der Waals surface area (Å²) in [7, 11) is 0. The second-order valence-corrected chi connectivity index (χ2v) is 9.52. The summed E-state index contributed by atoms with van der Waals surface area (Å²) in [6.45, 7) is 5.34. The van der Waals surface area contributed by atoms with E-state index in [9.17, 15) is 9.59 Å². The Morgan fingerprint density at radius 1 is 1.17 bits per heavy atom. The Kier molecular flexibility index (Phi) is 6.68. The van der Waals surface area contributed by atoms with Crippen LogP contribution < -0.4 is 15.8 Å². The van der Waals surface area contributed by atoms with Crippen LogP contribution in [0, 0.1) is 19.8 Å². The van der Waals surface area contributed by atoms with Crippen molar-refractivity contribution in [1.82, 2.24) is 0 Å². The third kappa shape index (κ3) is 4.36. The van der Waals surface area contributed by atoms with Crippen LogP contribution in [0.2, 0.25) is 15.1 Å². The van der Waals surface area contributed by atoms with Crippen molar-refractivity contribution in [2.24, 2.45) is 11.7 Å². The van der Waals surface area contributed by atoms with E-state index in [0.29, 0.717) is 32.6 Å². The van der Waals surface area contributed by atoms with E-state index in [1.54, 1.807) is 13.8 Å². The zero-order chi connectivity index (χ0) is 21.5. The molecule has 9 heteroatoms. The Morgan fingerprint density at radius 3 is 2.38 bits per heavy atom. The first kappa shape index (κ1) is 22.2.